The van der Waals surface area contributed by atoms with E-state index in [9.17, 15) is 14.9 Å². The molecule has 1 aliphatic rings. The molecule has 0 aromatic carbocycles. The van der Waals surface area contributed by atoms with Crippen molar-refractivity contribution < 1.29 is 14.3 Å². The van der Waals surface area contributed by atoms with Crippen LogP contribution in [-0.2, 0) is 29.0 Å². The van der Waals surface area contributed by atoms with Crippen LogP contribution in [0.1, 0.15) is 29.3 Å². The second-order valence-corrected chi connectivity index (χ2v) is 8.24. The van der Waals surface area contributed by atoms with Gasteiger partial charge < -0.3 is 14.2 Å². The van der Waals surface area contributed by atoms with Crippen molar-refractivity contribution in [3.05, 3.63) is 59.1 Å². The van der Waals surface area contributed by atoms with Gasteiger partial charge in [-0.15, -0.1) is 11.3 Å². The number of thiophene rings is 1. The average Bonchev–Trinajstić information content (AvgIpc) is 3.46. The Morgan fingerprint density at radius 1 is 1.34 bits per heavy atom. The number of amides is 2. The molecular formula is C22H22N6O3S. The van der Waals surface area contributed by atoms with Crippen molar-refractivity contribution in [3.8, 4) is 6.07 Å². The molecule has 1 aliphatic heterocycles. The van der Waals surface area contributed by atoms with Crippen molar-refractivity contribution in [1.29, 1.82) is 5.26 Å². The van der Waals surface area contributed by atoms with E-state index < -0.39 is 6.09 Å². The average molecular weight is 451 g/mol. The normalized spacial score (nSPS) is 12.7. The first-order chi connectivity index (χ1) is 15.6. The zero-order valence-electron chi connectivity index (χ0n) is 17.6. The minimum atomic E-state index is -0.393. The maximum atomic E-state index is 12.8. The molecule has 32 heavy (non-hydrogen) atoms. The van der Waals surface area contributed by atoms with Gasteiger partial charge in [0.15, 0.2) is 0 Å². The molecule has 3 aromatic heterocycles. The lowest BCUT2D eigenvalue weighted by molar-refractivity contribution is -0.117. The molecule has 0 fully saturated rings. The third-order valence-electron chi connectivity index (χ3n) is 5.18. The third kappa shape index (κ3) is 4.33. The number of hydrogen-bond donors (Lipinski definition) is 0. The summed E-state index contributed by atoms with van der Waals surface area (Å²) in [7, 11) is 0. The summed E-state index contributed by atoms with van der Waals surface area (Å²) in [4.78, 5) is 37.6. The largest absolute Gasteiger partial charge is 0.448 e. The van der Waals surface area contributed by atoms with Crippen LogP contribution in [0, 0.1) is 11.3 Å². The zero-order valence-corrected chi connectivity index (χ0v) is 18.4. The standard InChI is InChI=1S/C22H22N6O3S/c1-2-20(29)28(19-5-3-4-7-25-19)21-17(13-23)16-6-9-27(14-18(16)32-21)22(30)31-12-11-26-10-8-24-15-26/h3-5,7-8,10,15H,2,6,9,11-12,14H2,1H3. The van der Waals surface area contributed by atoms with Crippen LogP contribution in [0.2, 0.25) is 0 Å². The molecule has 0 saturated carbocycles. The van der Waals surface area contributed by atoms with E-state index in [-0.39, 0.29) is 18.9 Å². The number of fused-ring (bicyclic) bond motifs is 1. The highest BCUT2D eigenvalue weighted by molar-refractivity contribution is 7.16. The predicted octanol–water partition coefficient (Wildman–Crippen LogP) is 3.48. The number of pyridine rings is 1. The summed E-state index contributed by atoms with van der Waals surface area (Å²) < 4.78 is 7.25. The third-order valence-corrected chi connectivity index (χ3v) is 6.38. The van der Waals surface area contributed by atoms with Gasteiger partial charge in [0, 0.05) is 36.4 Å². The van der Waals surface area contributed by atoms with Gasteiger partial charge in [-0.1, -0.05) is 13.0 Å². The number of ether oxygens (including phenoxy) is 1. The van der Waals surface area contributed by atoms with Crippen molar-refractivity contribution in [2.24, 2.45) is 0 Å². The number of carbonyl (C=O) groups is 2. The molecule has 0 atom stereocenters. The summed E-state index contributed by atoms with van der Waals surface area (Å²) in [5.74, 6) is 0.333. The first-order valence-electron chi connectivity index (χ1n) is 10.3. The van der Waals surface area contributed by atoms with E-state index in [4.69, 9.17) is 4.74 Å². The van der Waals surface area contributed by atoms with Gasteiger partial charge >= 0.3 is 6.09 Å². The van der Waals surface area contributed by atoms with Crippen molar-refractivity contribution >= 4 is 34.2 Å². The van der Waals surface area contributed by atoms with Crippen molar-refractivity contribution in [2.45, 2.75) is 32.9 Å². The fourth-order valence-electron chi connectivity index (χ4n) is 3.56. The monoisotopic (exact) mass is 450 g/mol. The van der Waals surface area contributed by atoms with Gasteiger partial charge in [-0.05, 0) is 24.1 Å². The smallest absolute Gasteiger partial charge is 0.410 e. The van der Waals surface area contributed by atoms with Gasteiger partial charge in [-0.2, -0.15) is 5.26 Å². The zero-order chi connectivity index (χ0) is 22.5. The van der Waals surface area contributed by atoms with Crippen LogP contribution in [0.5, 0.6) is 0 Å². The summed E-state index contributed by atoms with van der Waals surface area (Å²) in [5, 5.41) is 10.4. The number of anilines is 2. The molecule has 0 unspecified atom stereocenters. The minimum absolute atomic E-state index is 0.144. The van der Waals surface area contributed by atoms with Gasteiger partial charge in [0.1, 0.15) is 23.5 Å². The minimum Gasteiger partial charge on any atom is -0.448 e. The lowest BCUT2D eigenvalue weighted by Gasteiger charge is -2.26. The van der Waals surface area contributed by atoms with Crippen LogP contribution < -0.4 is 4.90 Å². The number of rotatable bonds is 6. The molecule has 0 bridgehead atoms. The van der Waals surface area contributed by atoms with E-state index in [0.29, 0.717) is 42.4 Å². The van der Waals surface area contributed by atoms with E-state index in [1.165, 1.54) is 16.2 Å². The summed E-state index contributed by atoms with van der Waals surface area (Å²) in [6.45, 7) is 3.35. The SMILES string of the molecule is CCC(=O)N(c1ccccn1)c1sc2c(c1C#N)CCN(C(=O)OCCn1ccnc1)C2. The summed E-state index contributed by atoms with van der Waals surface area (Å²) in [6.07, 6.45) is 7.18. The second kappa shape index (κ2) is 9.62. The van der Waals surface area contributed by atoms with Gasteiger partial charge in [0.25, 0.3) is 0 Å². The summed E-state index contributed by atoms with van der Waals surface area (Å²) in [6, 6.07) is 7.60. The van der Waals surface area contributed by atoms with Crippen LogP contribution in [0.4, 0.5) is 15.6 Å². The van der Waals surface area contributed by atoms with Crippen LogP contribution in [0.15, 0.2) is 43.1 Å². The summed E-state index contributed by atoms with van der Waals surface area (Å²) in [5.41, 5.74) is 1.37. The van der Waals surface area contributed by atoms with Crippen molar-refractivity contribution in [2.75, 3.05) is 18.1 Å². The molecule has 2 amide bonds. The number of carbonyl (C=O) groups excluding carboxylic acids is 2. The first-order valence-corrected chi connectivity index (χ1v) is 11.1. The first kappa shape index (κ1) is 21.5. The Labute approximate surface area is 189 Å². The van der Waals surface area contributed by atoms with Crippen LogP contribution in [0.3, 0.4) is 0 Å². The summed E-state index contributed by atoms with van der Waals surface area (Å²) >= 11 is 1.36. The van der Waals surface area contributed by atoms with Gasteiger partial charge in [-0.3, -0.25) is 9.69 Å². The molecule has 9 nitrogen and oxygen atoms in total. The lowest BCUT2D eigenvalue weighted by atomic mass is 10.0. The van der Waals surface area contributed by atoms with E-state index >= 15 is 0 Å². The molecule has 0 N–H and O–H groups in total. The number of nitrogens with zero attached hydrogens (tertiary/aromatic N) is 6. The highest BCUT2D eigenvalue weighted by Crippen LogP contribution is 2.41. The van der Waals surface area contributed by atoms with E-state index in [1.807, 2.05) is 10.8 Å². The lowest BCUT2D eigenvalue weighted by Crippen LogP contribution is -2.36. The molecule has 4 heterocycles. The Kier molecular flexibility index (Phi) is 6.47. The quantitative estimate of drug-likeness (QED) is 0.569. The molecule has 164 valence electrons. The molecule has 0 radical (unpaired) electrons. The van der Waals surface area contributed by atoms with E-state index in [1.54, 1.807) is 48.7 Å². The predicted molar refractivity (Wildman–Crippen MR) is 118 cm³/mol. The fraction of sp³-hybridized carbons (Fsp3) is 0.318. The molecule has 0 spiro atoms. The van der Waals surface area contributed by atoms with Crippen molar-refractivity contribution in [1.82, 2.24) is 19.4 Å². The highest BCUT2D eigenvalue weighted by atomic mass is 32.1. The fourth-order valence-corrected chi connectivity index (χ4v) is 4.89. The molecule has 10 heteroatoms. The number of hydrogen-bond acceptors (Lipinski definition) is 7. The molecular weight excluding hydrogens is 428 g/mol. The van der Waals surface area contributed by atoms with E-state index in [0.717, 1.165) is 10.4 Å². The van der Waals surface area contributed by atoms with Crippen LogP contribution in [0.25, 0.3) is 0 Å². The van der Waals surface area contributed by atoms with Crippen molar-refractivity contribution in [3.63, 3.8) is 0 Å². The van der Waals surface area contributed by atoms with Crippen LogP contribution >= 0.6 is 11.3 Å². The van der Waals surface area contributed by atoms with Gasteiger partial charge in [0.2, 0.25) is 5.91 Å². The number of aromatic nitrogens is 3. The number of nitriles is 1. The Morgan fingerprint density at radius 3 is 2.91 bits per heavy atom. The maximum absolute atomic E-state index is 12.8. The maximum Gasteiger partial charge on any atom is 0.410 e. The van der Waals surface area contributed by atoms with E-state index in [2.05, 4.69) is 16.0 Å². The topological polar surface area (TPSA) is 104 Å². The second-order valence-electron chi connectivity index (χ2n) is 7.15. The van der Waals surface area contributed by atoms with Gasteiger partial charge in [0.05, 0.1) is 25.0 Å². The highest BCUT2D eigenvalue weighted by Gasteiger charge is 2.31. The molecule has 4 rings (SSSR count). The molecule has 0 saturated heterocycles. The number of imidazole rings is 1. The Hall–Kier alpha value is -3.71. The Morgan fingerprint density at radius 2 is 2.22 bits per heavy atom. The van der Waals surface area contributed by atoms with Crippen LogP contribution in [-0.4, -0.2) is 44.6 Å². The molecule has 3 aromatic rings. The Balaban J connectivity index is 1.54. The van der Waals surface area contributed by atoms with Gasteiger partial charge in [-0.25, -0.2) is 14.8 Å². The Bertz CT molecular complexity index is 1140. The molecule has 0 aliphatic carbocycles.